The molecule has 2 aromatic carbocycles. The van der Waals surface area contributed by atoms with Crippen LogP contribution in [0.5, 0.6) is 5.75 Å². The minimum Gasteiger partial charge on any atom is -0.497 e. The normalized spacial score (nSPS) is 10.2. The number of aromatic carboxylic acids is 1. The van der Waals surface area contributed by atoms with Gasteiger partial charge < -0.3 is 19.6 Å². The van der Waals surface area contributed by atoms with Crippen LogP contribution in [0.15, 0.2) is 65.1 Å². The number of hydrogen-bond donors (Lipinski definition) is 2. The first-order valence-electron chi connectivity index (χ1n) is 7.92. The van der Waals surface area contributed by atoms with Crippen LogP contribution in [-0.2, 0) is 13.1 Å². The van der Waals surface area contributed by atoms with Crippen LogP contribution in [0.1, 0.15) is 21.7 Å². The number of halogens is 1. The molecule has 3 rings (SSSR count). The fourth-order valence-electron chi connectivity index (χ4n) is 2.50. The molecule has 0 unspecified atom stereocenters. The minimum atomic E-state index is -0.917. The number of nitrogens with one attached hydrogen (secondary N) is 1. The second-order valence-corrected chi connectivity index (χ2v) is 5.60. The first-order valence-corrected chi connectivity index (χ1v) is 7.92. The number of hydrogen-bond acceptors (Lipinski definition) is 4. The summed E-state index contributed by atoms with van der Waals surface area (Å²) >= 11 is 0. The van der Waals surface area contributed by atoms with Crippen molar-refractivity contribution in [1.29, 1.82) is 0 Å². The van der Waals surface area contributed by atoms with E-state index in [0.29, 0.717) is 13.1 Å². The molecule has 26 heavy (non-hydrogen) atoms. The summed E-state index contributed by atoms with van der Waals surface area (Å²) in [5.74, 6) is 1.50. The van der Waals surface area contributed by atoms with E-state index >= 15 is 0 Å². The Bertz CT molecular complexity index is 858. The van der Waals surface area contributed by atoms with Crippen molar-refractivity contribution in [3.8, 4) is 17.1 Å². The number of rotatable bonds is 7. The molecule has 0 saturated carbocycles. The van der Waals surface area contributed by atoms with Crippen LogP contribution in [0.3, 0.4) is 0 Å². The Balaban J connectivity index is 0.00000243. The van der Waals surface area contributed by atoms with Gasteiger partial charge in [0, 0.05) is 12.1 Å². The summed E-state index contributed by atoms with van der Waals surface area (Å²) in [4.78, 5) is 10.8. The van der Waals surface area contributed by atoms with Crippen molar-refractivity contribution in [2.24, 2.45) is 0 Å². The molecule has 1 heterocycles. The minimum absolute atomic E-state index is 0. The first kappa shape index (κ1) is 19.6. The van der Waals surface area contributed by atoms with Crippen LogP contribution in [0.4, 0.5) is 0 Å². The number of benzene rings is 2. The highest BCUT2D eigenvalue weighted by molar-refractivity contribution is 5.87. The number of furan rings is 1. The summed E-state index contributed by atoms with van der Waals surface area (Å²) in [6.07, 6.45) is 0. The molecule has 0 spiro atoms. The summed E-state index contributed by atoms with van der Waals surface area (Å²) in [5, 5.41) is 12.2. The van der Waals surface area contributed by atoms with E-state index in [1.165, 1.54) is 0 Å². The maximum atomic E-state index is 10.8. The van der Waals surface area contributed by atoms with E-state index in [9.17, 15) is 4.79 Å². The lowest BCUT2D eigenvalue weighted by Crippen LogP contribution is -2.12. The van der Waals surface area contributed by atoms with Crippen LogP contribution in [0.2, 0.25) is 0 Å². The predicted octanol–water partition coefficient (Wildman–Crippen LogP) is 4.37. The first-order chi connectivity index (χ1) is 12.2. The molecule has 0 aliphatic heterocycles. The summed E-state index contributed by atoms with van der Waals surface area (Å²) in [5.41, 5.74) is 2.28. The molecule has 5 nitrogen and oxygen atoms in total. The third-order valence-electron chi connectivity index (χ3n) is 3.85. The Kier molecular flexibility index (Phi) is 6.83. The Labute approximate surface area is 158 Å². The monoisotopic (exact) mass is 373 g/mol. The smallest absolute Gasteiger partial charge is 0.335 e. The maximum Gasteiger partial charge on any atom is 0.335 e. The summed E-state index contributed by atoms with van der Waals surface area (Å²) in [7, 11) is 1.64. The molecule has 0 bridgehead atoms. The molecule has 2 N–H and O–H groups in total. The molecule has 0 amide bonds. The molecular weight excluding hydrogens is 354 g/mol. The van der Waals surface area contributed by atoms with Crippen molar-refractivity contribution < 1.29 is 19.1 Å². The predicted molar refractivity (Wildman–Crippen MR) is 102 cm³/mol. The number of carboxylic acid groups (broad SMARTS) is 1. The Morgan fingerprint density at radius 2 is 1.85 bits per heavy atom. The van der Waals surface area contributed by atoms with Gasteiger partial charge >= 0.3 is 5.97 Å². The Morgan fingerprint density at radius 3 is 2.54 bits per heavy atom. The van der Waals surface area contributed by atoms with Gasteiger partial charge in [-0.25, -0.2) is 4.79 Å². The van der Waals surface area contributed by atoms with E-state index in [1.54, 1.807) is 31.4 Å². The van der Waals surface area contributed by atoms with Gasteiger partial charge in [-0.15, -0.1) is 12.4 Å². The fourth-order valence-corrected chi connectivity index (χ4v) is 2.50. The van der Waals surface area contributed by atoms with E-state index in [1.807, 2.05) is 36.4 Å². The zero-order chi connectivity index (χ0) is 17.6. The van der Waals surface area contributed by atoms with E-state index in [0.717, 1.165) is 28.4 Å². The quantitative estimate of drug-likeness (QED) is 0.643. The average molecular weight is 374 g/mol. The third kappa shape index (κ3) is 4.88. The lowest BCUT2D eigenvalue weighted by molar-refractivity contribution is 0.0697. The lowest BCUT2D eigenvalue weighted by atomic mass is 10.1. The topological polar surface area (TPSA) is 71.7 Å². The van der Waals surface area contributed by atoms with Crippen molar-refractivity contribution in [2.45, 2.75) is 13.1 Å². The van der Waals surface area contributed by atoms with Gasteiger partial charge in [-0.2, -0.15) is 0 Å². The van der Waals surface area contributed by atoms with E-state index in [-0.39, 0.29) is 18.0 Å². The number of carboxylic acids is 1. The van der Waals surface area contributed by atoms with E-state index in [4.69, 9.17) is 14.3 Å². The Morgan fingerprint density at radius 1 is 1.08 bits per heavy atom. The van der Waals surface area contributed by atoms with Gasteiger partial charge in [0.2, 0.25) is 0 Å². The van der Waals surface area contributed by atoms with Gasteiger partial charge in [0.05, 0.1) is 19.2 Å². The van der Waals surface area contributed by atoms with Crippen LogP contribution in [-0.4, -0.2) is 18.2 Å². The molecular formula is C20H20ClNO4. The Hall–Kier alpha value is -2.76. The van der Waals surface area contributed by atoms with Gasteiger partial charge in [-0.3, -0.25) is 0 Å². The summed E-state index contributed by atoms with van der Waals surface area (Å²) in [6.45, 7) is 1.22. The van der Waals surface area contributed by atoms with Gasteiger partial charge in [-0.05, 0) is 42.0 Å². The zero-order valence-corrected chi connectivity index (χ0v) is 15.1. The van der Waals surface area contributed by atoms with Crippen LogP contribution < -0.4 is 10.1 Å². The molecule has 0 aliphatic rings. The van der Waals surface area contributed by atoms with Gasteiger partial charge in [-0.1, -0.05) is 24.3 Å². The molecule has 0 aliphatic carbocycles. The van der Waals surface area contributed by atoms with Crippen molar-refractivity contribution in [2.75, 3.05) is 7.11 Å². The van der Waals surface area contributed by atoms with Crippen molar-refractivity contribution in [3.63, 3.8) is 0 Å². The van der Waals surface area contributed by atoms with Gasteiger partial charge in [0.15, 0.2) is 0 Å². The molecule has 136 valence electrons. The molecule has 0 radical (unpaired) electrons. The molecule has 0 saturated heterocycles. The SMILES string of the molecule is COc1cccc(-c2ccc(CNCc3ccc(C(=O)O)cc3)o2)c1.Cl. The highest BCUT2D eigenvalue weighted by Gasteiger charge is 2.06. The molecule has 0 atom stereocenters. The highest BCUT2D eigenvalue weighted by Crippen LogP contribution is 2.25. The van der Waals surface area contributed by atoms with Gasteiger partial charge in [0.25, 0.3) is 0 Å². The van der Waals surface area contributed by atoms with Crippen molar-refractivity contribution >= 4 is 18.4 Å². The van der Waals surface area contributed by atoms with Gasteiger partial charge in [0.1, 0.15) is 17.3 Å². The lowest BCUT2D eigenvalue weighted by Gasteiger charge is -2.04. The van der Waals surface area contributed by atoms with Crippen molar-refractivity contribution in [1.82, 2.24) is 5.32 Å². The van der Waals surface area contributed by atoms with E-state index < -0.39 is 5.97 Å². The maximum absolute atomic E-state index is 10.8. The van der Waals surface area contributed by atoms with E-state index in [2.05, 4.69) is 5.32 Å². The standard InChI is InChI=1S/C20H19NO4.ClH/c1-24-17-4-2-3-16(11-17)19-10-9-18(25-19)13-21-12-14-5-7-15(8-6-14)20(22)23;/h2-11,21H,12-13H2,1H3,(H,22,23);1H. The molecule has 3 aromatic rings. The van der Waals surface area contributed by atoms with Crippen LogP contribution in [0.25, 0.3) is 11.3 Å². The third-order valence-corrected chi connectivity index (χ3v) is 3.85. The number of carbonyl (C=O) groups is 1. The second kappa shape index (κ2) is 9.08. The van der Waals surface area contributed by atoms with Crippen molar-refractivity contribution in [3.05, 3.63) is 77.6 Å². The highest BCUT2D eigenvalue weighted by atomic mass is 35.5. The molecule has 0 fully saturated rings. The molecule has 6 heteroatoms. The fraction of sp³-hybridized carbons (Fsp3) is 0.150. The number of ether oxygens (including phenoxy) is 1. The largest absolute Gasteiger partial charge is 0.497 e. The number of methoxy groups -OCH3 is 1. The zero-order valence-electron chi connectivity index (χ0n) is 14.3. The second-order valence-electron chi connectivity index (χ2n) is 5.60. The van der Waals surface area contributed by atoms with Crippen LogP contribution >= 0.6 is 12.4 Å². The molecule has 1 aromatic heterocycles. The summed E-state index contributed by atoms with van der Waals surface area (Å²) < 4.78 is 11.1. The summed E-state index contributed by atoms with van der Waals surface area (Å²) in [6, 6.07) is 18.4. The average Bonchev–Trinajstić information content (AvgIpc) is 3.11. The van der Waals surface area contributed by atoms with Crippen LogP contribution in [0, 0.1) is 0 Å².